The molecule has 1 aliphatic rings. The van der Waals surface area contributed by atoms with Gasteiger partial charge in [-0.05, 0) is 44.2 Å². The predicted octanol–water partition coefficient (Wildman–Crippen LogP) is 3.66. The van der Waals surface area contributed by atoms with Crippen molar-refractivity contribution in [2.45, 2.75) is 44.8 Å². The molecule has 8 heteroatoms. The van der Waals surface area contributed by atoms with Crippen LogP contribution in [0.15, 0.2) is 29.9 Å². The Bertz CT molecular complexity index is 705. The van der Waals surface area contributed by atoms with E-state index in [0.717, 1.165) is 35.5 Å². The van der Waals surface area contributed by atoms with Crippen molar-refractivity contribution in [1.29, 1.82) is 0 Å². The molecule has 1 N–H and O–H groups in total. The standard InChI is InChI=1S/C18H21F2N3O2S/c19-18(20)25-14-8-13(9-14)17(24)22-7-2-1-5-16-23-15(11-26-16)12-4-3-6-21-10-12/h3-4,6,10-11,13-14,18H,1-2,5,7-9H2,(H,22,24). The van der Waals surface area contributed by atoms with Crippen LogP contribution < -0.4 is 5.32 Å². The highest BCUT2D eigenvalue weighted by molar-refractivity contribution is 7.09. The van der Waals surface area contributed by atoms with Gasteiger partial charge in [0.15, 0.2) is 0 Å². The van der Waals surface area contributed by atoms with Crippen LogP contribution in [0, 0.1) is 5.92 Å². The summed E-state index contributed by atoms with van der Waals surface area (Å²) in [5.74, 6) is -0.257. The number of nitrogens with zero attached hydrogens (tertiary/aromatic N) is 2. The Hall–Kier alpha value is -1.93. The molecule has 26 heavy (non-hydrogen) atoms. The Morgan fingerprint density at radius 1 is 1.38 bits per heavy atom. The van der Waals surface area contributed by atoms with Crippen molar-refractivity contribution in [3.05, 3.63) is 34.9 Å². The smallest absolute Gasteiger partial charge is 0.345 e. The number of amides is 1. The highest BCUT2D eigenvalue weighted by atomic mass is 32.1. The molecule has 2 heterocycles. The molecule has 1 saturated carbocycles. The normalized spacial score (nSPS) is 19.3. The van der Waals surface area contributed by atoms with Gasteiger partial charge in [0.2, 0.25) is 5.91 Å². The van der Waals surface area contributed by atoms with Crippen LogP contribution in [-0.2, 0) is 16.0 Å². The van der Waals surface area contributed by atoms with Gasteiger partial charge < -0.3 is 10.1 Å². The van der Waals surface area contributed by atoms with Gasteiger partial charge in [-0.2, -0.15) is 8.78 Å². The second kappa shape index (κ2) is 9.14. The molecular formula is C18H21F2N3O2S. The number of rotatable bonds is 9. The van der Waals surface area contributed by atoms with Crippen LogP contribution in [0.1, 0.15) is 30.7 Å². The van der Waals surface area contributed by atoms with Gasteiger partial charge in [-0.15, -0.1) is 11.3 Å². The van der Waals surface area contributed by atoms with E-state index < -0.39 is 12.7 Å². The van der Waals surface area contributed by atoms with Crippen LogP contribution in [0.2, 0.25) is 0 Å². The van der Waals surface area contributed by atoms with Crippen molar-refractivity contribution in [1.82, 2.24) is 15.3 Å². The quantitative estimate of drug-likeness (QED) is 0.674. The fourth-order valence-electron chi connectivity index (χ4n) is 2.87. The molecule has 0 atom stereocenters. The molecule has 0 spiro atoms. The molecule has 0 aliphatic heterocycles. The molecule has 140 valence electrons. The number of ether oxygens (including phenoxy) is 1. The molecule has 2 aromatic rings. The number of alkyl halides is 2. The van der Waals surface area contributed by atoms with E-state index >= 15 is 0 Å². The topological polar surface area (TPSA) is 64.1 Å². The number of carbonyl (C=O) groups is 1. The molecule has 3 rings (SSSR count). The number of hydrogen-bond donors (Lipinski definition) is 1. The van der Waals surface area contributed by atoms with E-state index in [4.69, 9.17) is 0 Å². The maximum Gasteiger partial charge on any atom is 0.345 e. The van der Waals surface area contributed by atoms with Crippen molar-refractivity contribution < 1.29 is 18.3 Å². The summed E-state index contributed by atoms with van der Waals surface area (Å²) in [6.07, 6.45) is 6.48. The van der Waals surface area contributed by atoms with Crippen LogP contribution >= 0.6 is 11.3 Å². The molecular weight excluding hydrogens is 360 g/mol. The zero-order valence-corrected chi connectivity index (χ0v) is 15.1. The van der Waals surface area contributed by atoms with E-state index in [9.17, 15) is 13.6 Å². The van der Waals surface area contributed by atoms with E-state index in [0.29, 0.717) is 19.4 Å². The largest absolute Gasteiger partial charge is 0.356 e. The van der Waals surface area contributed by atoms with Crippen LogP contribution in [0.25, 0.3) is 11.3 Å². The van der Waals surface area contributed by atoms with Crippen molar-refractivity contribution in [3.8, 4) is 11.3 Å². The van der Waals surface area contributed by atoms with Gasteiger partial charge in [0, 0.05) is 35.8 Å². The Balaban J connectivity index is 1.29. The van der Waals surface area contributed by atoms with Gasteiger partial charge in [-0.25, -0.2) is 4.98 Å². The fourth-order valence-corrected chi connectivity index (χ4v) is 3.72. The minimum atomic E-state index is -2.76. The molecule has 1 amide bonds. The van der Waals surface area contributed by atoms with E-state index in [-0.39, 0.29) is 11.8 Å². The van der Waals surface area contributed by atoms with Gasteiger partial charge in [0.05, 0.1) is 16.8 Å². The Morgan fingerprint density at radius 2 is 2.23 bits per heavy atom. The lowest BCUT2D eigenvalue weighted by atomic mass is 9.81. The van der Waals surface area contributed by atoms with Crippen molar-refractivity contribution in [2.24, 2.45) is 5.92 Å². The number of thiazole rings is 1. The predicted molar refractivity (Wildman–Crippen MR) is 94.9 cm³/mol. The Labute approximate surface area is 154 Å². The minimum Gasteiger partial charge on any atom is -0.356 e. The van der Waals surface area contributed by atoms with Crippen molar-refractivity contribution >= 4 is 17.2 Å². The van der Waals surface area contributed by atoms with Gasteiger partial charge >= 0.3 is 6.61 Å². The van der Waals surface area contributed by atoms with Gasteiger partial charge in [0.1, 0.15) is 0 Å². The number of aryl methyl sites for hydroxylation is 1. The van der Waals surface area contributed by atoms with Crippen molar-refractivity contribution in [2.75, 3.05) is 6.54 Å². The molecule has 0 saturated heterocycles. The summed E-state index contributed by atoms with van der Waals surface area (Å²) in [5.41, 5.74) is 1.95. The summed E-state index contributed by atoms with van der Waals surface area (Å²) in [6.45, 7) is -2.16. The number of hydrogen-bond acceptors (Lipinski definition) is 5. The Kier molecular flexibility index (Phi) is 6.62. The van der Waals surface area contributed by atoms with Gasteiger partial charge in [0.25, 0.3) is 0 Å². The highest BCUT2D eigenvalue weighted by Crippen LogP contribution is 2.31. The van der Waals surface area contributed by atoms with E-state index in [1.165, 1.54) is 0 Å². The second-order valence-electron chi connectivity index (χ2n) is 6.30. The summed E-state index contributed by atoms with van der Waals surface area (Å²) >= 11 is 1.63. The number of unbranched alkanes of at least 4 members (excludes halogenated alkanes) is 1. The number of pyridine rings is 1. The van der Waals surface area contributed by atoms with Gasteiger partial charge in [-0.1, -0.05) is 0 Å². The first kappa shape index (κ1) is 18.8. The first-order valence-electron chi connectivity index (χ1n) is 8.68. The summed E-state index contributed by atoms with van der Waals surface area (Å²) < 4.78 is 28.4. The number of nitrogens with one attached hydrogen (secondary N) is 1. The molecule has 2 aromatic heterocycles. The highest BCUT2D eigenvalue weighted by Gasteiger charge is 2.36. The van der Waals surface area contributed by atoms with E-state index in [1.54, 1.807) is 23.7 Å². The summed E-state index contributed by atoms with van der Waals surface area (Å²) in [7, 11) is 0. The Morgan fingerprint density at radius 3 is 2.96 bits per heavy atom. The molecule has 0 radical (unpaired) electrons. The van der Waals surface area contributed by atoms with Crippen LogP contribution in [0.3, 0.4) is 0 Å². The maximum atomic E-state index is 12.0. The minimum absolute atomic E-state index is 0.0628. The monoisotopic (exact) mass is 381 g/mol. The molecule has 0 unspecified atom stereocenters. The average molecular weight is 381 g/mol. The first-order chi connectivity index (χ1) is 12.6. The average Bonchev–Trinajstić information content (AvgIpc) is 3.07. The maximum absolute atomic E-state index is 12.0. The first-order valence-corrected chi connectivity index (χ1v) is 9.56. The third kappa shape index (κ3) is 5.28. The summed E-state index contributed by atoms with van der Waals surface area (Å²) in [6, 6.07) is 3.87. The lowest BCUT2D eigenvalue weighted by molar-refractivity contribution is -0.192. The fraction of sp³-hybridized carbons (Fsp3) is 0.500. The third-order valence-electron chi connectivity index (χ3n) is 4.39. The van der Waals surface area contributed by atoms with Crippen molar-refractivity contribution in [3.63, 3.8) is 0 Å². The zero-order valence-electron chi connectivity index (χ0n) is 14.2. The van der Waals surface area contributed by atoms with Crippen LogP contribution in [0.4, 0.5) is 8.78 Å². The summed E-state index contributed by atoms with van der Waals surface area (Å²) in [5, 5.41) is 5.97. The second-order valence-corrected chi connectivity index (χ2v) is 7.25. The number of halogens is 2. The van der Waals surface area contributed by atoms with E-state index in [2.05, 4.69) is 20.0 Å². The SMILES string of the molecule is O=C(NCCCCc1nc(-c2cccnc2)cs1)C1CC(OC(F)F)C1. The molecule has 5 nitrogen and oxygen atoms in total. The number of aromatic nitrogens is 2. The molecule has 1 fully saturated rings. The lowest BCUT2D eigenvalue weighted by Crippen LogP contribution is -2.43. The number of carbonyl (C=O) groups excluding carboxylic acids is 1. The van der Waals surface area contributed by atoms with Crippen LogP contribution in [-0.4, -0.2) is 35.1 Å². The van der Waals surface area contributed by atoms with Crippen LogP contribution in [0.5, 0.6) is 0 Å². The molecule has 1 aliphatic carbocycles. The summed E-state index contributed by atoms with van der Waals surface area (Å²) in [4.78, 5) is 20.6. The lowest BCUT2D eigenvalue weighted by Gasteiger charge is -2.33. The molecule has 0 bridgehead atoms. The van der Waals surface area contributed by atoms with Gasteiger partial charge in [-0.3, -0.25) is 9.78 Å². The van der Waals surface area contributed by atoms with E-state index in [1.807, 2.05) is 17.5 Å². The molecule has 0 aromatic carbocycles. The third-order valence-corrected chi connectivity index (χ3v) is 5.30. The zero-order chi connectivity index (χ0) is 18.4.